The normalized spacial score (nSPS) is 11.5. The van der Waals surface area contributed by atoms with Crippen LogP contribution in [-0.4, -0.2) is 88.5 Å². The number of ether oxygens (including phenoxy) is 2. The number of aldehydes is 1. The first-order valence-corrected chi connectivity index (χ1v) is 37.3. The number of carbonyl (C=O) groups is 11. The van der Waals surface area contributed by atoms with Crippen molar-refractivity contribution in [2.24, 2.45) is 22.7 Å². The molecule has 112 heavy (non-hydrogen) atoms. The van der Waals surface area contributed by atoms with E-state index in [4.69, 9.17) is 0 Å². The molecule has 0 saturated heterocycles. The number of nitrogens with one attached hydrogen (secondary N) is 2. The zero-order chi connectivity index (χ0) is 83.4. The lowest BCUT2D eigenvalue weighted by Crippen LogP contribution is -3.00. The molecule has 0 saturated carbocycles. The standard InChI is InChI=1S/C27H32FNO3.C18H16FNO4.C15H17FO2.C13H18BrNO.C8H14O4.C7H5FO.ClH/c1-6-24(30)22(16-18-8-12-20(28)13-9-18)23(25(31)7-2)17-19-10-14-21(15-11-19)29-26(32)27(3,4)5;19-13-5-1-11(2-6-13)9-15(17(21)22)16(18(23)24)10-12-3-7-14(20)8-4-12;1-3-14(17)10-12(15(18)4-2)9-11-5-7-13(16)8-6-11;1-13(2,3)8-12(16)15-11-6-4-10(9-14)5-7-11;1-3-11-7(9)5-6-8(10)12-4-2;8-7-3-1-6(5-9)2-4-7;/h8-16,23H,6-7,17H2,1-5H3,(H,29,32);1-9,16H,10,20H2,(H,21,22)(H,23,24);5-9H,3-4,10H2,1-2H3;4-7H,8-9H2,1-3H3,(H,15,16);3-6H2,1-2H3;1-5H;1H/b22-16+;15-9-;12-9+;;;;. The Morgan fingerprint density at radius 3 is 1.22 bits per heavy atom. The smallest absolute Gasteiger partial charge is 0.332 e. The molecule has 2 amide bonds. The number of hydrogen-bond acceptors (Lipinski definition) is 13. The van der Waals surface area contributed by atoms with Crippen molar-refractivity contribution in [1.82, 2.24) is 0 Å². The third kappa shape index (κ3) is 40.9. The number of hydrogen-bond donors (Lipinski definition) is 5. The molecule has 602 valence electrons. The first-order chi connectivity index (χ1) is 52.4. The summed E-state index contributed by atoms with van der Waals surface area (Å²) in [5.41, 5.74) is 11.4. The minimum absolute atomic E-state index is 0. The summed E-state index contributed by atoms with van der Waals surface area (Å²) in [6.07, 6.45) is 7.97. The number of allylic oxidation sites excluding steroid dienone is 2. The van der Waals surface area contributed by atoms with Crippen LogP contribution in [0.5, 0.6) is 0 Å². The van der Waals surface area contributed by atoms with Crippen molar-refractivity contribution in [3.8, 4) is 0 Å². The highest BCUT2D eigenvalue weighted by Gasteiger charge is 2.29. The third-order valence-corrected chi connectivity index (χ3v) is 16.4. The van der Waals surface area contributed by atoms with Gasteiger partial charge in [-0.3, -0.25) is 47.9 Å². The second-order valence-electron chi connectivity index (χ2n) is 27.2. The predicted octanol–water partition coefficient (Wildman–Crippen LogP) is 15.2. The Morgan fingerprint density at radius 2 is 0.866 bits per heavy atom. The van der Waals surface area contributed by atoms with Gasteiger partial charge >= 0.3 is 23.9 Å². The molecular weight excluding hydrogens is 1530 g/mol. The van der Waals surface area contributed by atoms with E-state index in [1.165, 1.54) is 84.4 Å². The van der Waals surface area contributed by atoms with Crippen molar-refractivity contribution in [3.63, 3.8) is 0 Å². The van der Waals surface area contributed by atoms with Gasteiger partial charge in [-0.1, -0.05) is 158 Å². The van der Waals surface area contributed by atoms with Crippen LogP contribution in [-0.2, 0) is 75.6 Å². The number of halogens is 6. The van der Waals surface area contributed by atoms with E-state index in [0.717, 1.165) is 27.8 Å². The van der Waals surface area contributed by atoms with Crippen LogP contribution in [0.4, 0.5) is 34.6 Å². The molecule has 0 aromatic heterocycles. The molecular formula is C88H103BrClF4N3O15. The highest BCUT2D eigenvalue weighted by atomic mass is 79.9. The summed E-state index contributed by atoms with van der Waals surface area (Å²) in [6.45, 7) is 22.9. The van der Waals surface area contributed by atoms with Crippen molar-refractivity contribution in [1.29, 1.82) is 0 Å². The Labute approximate surface area is 668 Å². The fourth-order valence-corrected chi connectivity index (χ4v) is 10.0. The molecule has 0 radical (unpaired) electrons. The SMILES string of the molecule is CC(C)(C)CC(=O)Nc1ccc(CBr)cc1.CCC(=O)/C(=C/c1ccc(F)cc1)C(Cc1ccc(NC(=O)C(C)(C)C)cc1)C(=O)CC.CCC(=O)C/C(=C\c1ccc(F)cc1)C(=O)CC.CCOC(=O)CCC(=O)OCC.O=Cc1ccc(F)cc1.[Cl-].[NH3+]c1ccc(CC(C(=O)O)/C(=C/c2ccc(F)cc2)C(=O)O)cc1. The summed E-state index contributed by atoms with van der Waals surface area (Å²) in [5, 5.41) is 25.5. The predicted molar refractivity (Wildman–Crippen MR) is 428 cm³/mol. The zero-order valence-corrected chi connectivity index (χ0v) is 67.8. The van der Waals surface area contributed by atoms with Gasteiger partial charge in [0.2, 0.25) is 11.8 Å². The summed E-state index contributed by atoms with van der Waals surface area (Å²) in [6, 6.07) is 44.4. The Hall–Kier alpha value is -10.6. The summed E-state index contributed by atoms with van der Waals surface area (Å²) in [7, 11) is 0. The maximum absolute atomic E-state index is 13.3. The Bertz CT molecular complexity index is 4230. The monoisotopic (exact) mass is 1630 g/mol. The second-order valence-corrected chi connectivity index (χ2v) is 27.8. The van der Waals surface area contributed by atoms with E-state index in [-0.39, 0.29) is 120 Å². The van der Waals surface area contributed by atoms with E-state index < -0.39 is 35.0 Å². The summed E-state index contributed by atoms with van der Waals surface area (Å²) < 4.78 is 60.4. The summed E-state index contributed by atoms with van der Waals surface area (Å²) >= 11 is 3.39. The zero-order valence-electron chi connectivity index (χ0n) is 65.5. The molecule has 0 aliphatic rings. The number of Topliss-reactive ketones (excluding diaryl/α,β-unsaturated/α-hetero) is 4. The second kappa shape index (κ2) is 52.5. The van der Waals surface area contributed by atoms with Crippen LogP contribution in [0.2, 0.25) is 0 Å². The number of amides is 2. The lowest BCUT2D eigenvalue weighted by Gasteiger charge is -2.20. The molecule has 7 aromatic rings. The number of carboxylic acid groups (broad SMARTS) is 2. The number of aliphatic carboxylic acids is 2. The number of esters is 2. The molecule has 0 aliphatic carbocycles. The minimum atomic E-state index is -1.32. The molecule has 7 aromatic carbocycles. The molecule has 24 heteroatoms. The summed E-state index contributed by atoms with van der Waals surface area (Å²) in [4.78, 5) is 127. The largest absolute Gasteiger partial charge is 1.00 e. The van der Waals surface area contributed by atoms with Gasteiger partial charge in [-0.05, 0) is 181 Å². The number of rotatable bonds is 30. The van der Waals surface area contributed by atoms with E-state index in [0.29, 0.717) is 90.7 Å². The molecule has 0 fully saturated rings. The molecule has 0 bridgehead atoms. The van der Waals surface area contributed by atoms with Crippen molar-refractivity contribution < 1.29 is 108 Å². The van der Waals surface area contributed by atoms with Gasteiger partial charge < -0.3 is 48.5 Å². The number of alkyl halides is 1. The average Bonchev–Trinajstić information content (AvgIpc) is 0.921. The number of carbonyl (C=O) groups excluding carboxylic acids is 9. The highest BCUT2D eigenvalue weighted by Crippen LogP contribution is 2.28. The van der Waals surface area contributed by atoms with Gasteiger partial charge in [0, 0.05) is 77.4 Å². The average molecular weight is 1630 g/mol. The van der Waals surface area contributed by atoms with Gasteiger partial charge in [-0.15, -0.1) is 0 Å². The van der Waals surface area contributed by atoms with Crippen LogP contribution >= 0.6 is 15.9 Å². The number of anilines is 2. The quantitative estimate of drug-likeness (QED) is 0.00919. The van der Waals surface area contributed by atoms with E-state index in [1.54, 1.807) is 114 Å². The van der Waals surface area contributed by atoms with Gasteiger partial charge in [0.15, 0.2) is 11.6 Å². The lowest BCUT2D eigenvalue weighted by atomic mass is 9.83. The minimum Gasteiger partial charge on any atom is -1.00 e. The maximum atomic E-state index is 13.3. The third-order valence-electron chi connectivity index (χ3n) is 15.8. The molecule has 2 atom stereocenters. The molecule has 7 rings (SSSR count). The van der Waals surface area contributed by atoms with Crippen LogP contribution in [0, 0.1) is 45.9 Å². The van der Waals surface area contributed by atoms with Crippen LogP contribution in [0.15, 0.2) is 187 Å². The Kier molecular flexibility index (Phi) is 46.6. The van der Waals surface area contributed by atoms with Gasteiger partial charge in [-0.2, -0.15) is 0 Å². The first kappa shape index (κ1) is 99.4. The van der Waals surface area contributed by atoms with Gasteiger partial charge in [0.1, 0.15) is 46.8 Å². The number of carboxylic acids is 2. The molecule has 0 heterocycles. The lowest BCUT2D eigenvalue weighted by molar-refractivity contribution is -0.254. The van der Waals surface area contributed by atoms with Crippen molar-refractivity contribution in [2.75, 3.05) is 23.8 Å². The van der Waals surface area contributed by atoms with Crippen LogP contribution in [0.25, 0.3) is 18.2 Å². The van der Waals surface area contributed by atoms with Gasteiger partial charge in [0.05, 0.1) is 43.5 Å². The van der Waals surface area contributed by atoms with E-state index >= 15 is 0 Å². The number of ketones is 4. The summed E-state index contributed by atoms with van der Waals surface area (Å²) in [5.74, 6) is -6.66. The van der Waals surface area contributed by atoms with E-state index in [1.807, 2.05) is 57.2 Å². The molecule has 2 unspecified atom stereocenters. The van der Waals surface area contributed by atoms with Gasteiger partial charge in [0.25, 0.3) is 0 Å². The van der Waals surface area contributed by atoms with Crippen LogP contribution < -0.4 is 28.8 Å². The van der Waals surface area contributed by atoms with Crippen LogP contribution in [0.3, 0.4) is 0 Å². The number of benzene rings is 7. The molecule has 0 aliphatic heterocycles. The fourth-order valence-electron chi connectivity index (χ4n) is 9.66. The van der Waals surface area contributed by atoms with Crippen molar-refractivity contribution in [2.45, 2.75) is 153 Å². The van der Waals surface area contributed by atoms with E-state index in [2.05, 4.69) is 62.5 Å². The fraction of sp³-hybridized carbons (Fsp3) is 0.330. The van der Waals surface area contributed by atoms with E-state index in [9.17, 15) is 80.5 Å². The van der Waals surface area contributed by atoms with Crippen molar-refractivity contribution >= 4 is 116 Å². The molecule has 18 nitrogen and oxygen atoms in total. The van der Waals surface area contributed by atoms with Crippen LogP contribution in [0.1, 0.15) is 178 Å². The molecule has 7 N–H and O–H groups in total. The highest BCUT2D eigenvalue weighted by molar-refractivity contribution is 9.08. The Balaban J connectivity index is 0.000000701. The molecule has 0 spiro atoms. The topological polar surface area (TPSA) is 298 Å². The van der Waals surface area contributed by atoms with Crippen molar-refractivity contribution in [3.05, 3.63) is 249 Å². The maximum Gasteiger partial charge on any atom is 0.332 e. The van der Waals surface area contributed by atoms with Gasteiger partial charge in [-0.25, -0.2) is 22.4 Å². The number of quaternary nitrogens is 1. The first-order valence-electron chi connectivity index (χ1n) is 36.2. The Morgan fingerprint density at radius 1 is 0.482 bits per heavy atom.